The Labute approximate surface area is 122 Å². The summed E-state index contributed by atoms with van der Waals surface area (Å²) in [4.78, 5) is 14.5. The van der Waals surface area contributed by atoms with Crippen LogP contribution in [0.25, 0.3) is 0 Å². The van der Waals surface area contributed by atoms with Gasteiger partial charge >= 0.3 is 0 Å². The van der Waals surface area contributed by atoms with Gasteiger partial charge in [-0.2, -0.15) is 0 Å². The first-order valence-corrected chi connectivity index (χ1v) is 8.42. The maximum absolute atomic E-state index is 12.1. The summed E-state index contributed by atoms with van der Waals surface area (Å²) in [6.07, 6.45) is 8.32. The second-order valence-corrected chi connectivity index (χ2v) is 6.66. The minimum absolute atomic E-state index is 0.274. The molecule has 20 heavy (non-hydrogen) atoms. The zero-order valence-electron chi connectivity index (χ0n) is 12.5. The number of rotatable bonds is 5. The Morgan fingerprint density at radius 1 is 1.15 bits per heavy atom. The average molecular weight is 280 g/mol. The van der Waals surface area contributed by atoms with Crippen molar-refractivity contribution >= 4 is 5.91 Å². The summed E-state index contributed by atoms with van der Waals surface area (Å²) in [5.41, 5.74) is 0. The van der Waals surface area contributed by atoms with E-state index in [2.05, 4.69) is 10.2 Å². The van der Waals surface area contributed by atoms with Crippen molar-refractivity contribution < 1.29 is 9.53 Å². The van der Waals surface area contributed by atoms with Crippen LogP contribution in [0.4, 0.5) is 0 Å². The van der Waals surface area contributed by atoms with E-state index >= 15 is 0 Å². The summed E-state index contributed by atoms with van der Waals surface area (Å²) in [6.45, 7) is 4.77. The Kier molecular flexibility index (Phi) is 4.94. The summed E-state index contributed by atoms with van der Waals surface area (Å²) in [7, 11) is 0. The van der Waals surface area contributed by atoms with E-state index in [4.69, 9.17) is 4.74 Å². The van der Waals surface area contributed by atoms with Gasteiger partial charge < -0.3 is 10.1 Å². The molecule has 1 saturated heterocycles. The van der Waals surface area contributed by atoms with Gasteiger partial charge in [0.1, 0.15) is 0 Å². The van der Waals surface area contributed by atoms with Gasteiger partial charge in [0.15, 0.2) is 0 Å². The van der Waals surface area contributed by atoms with E-state index in [1.54, 1.807) is 0 Å². The van der Waals surface area contributed by atoms with Crippen molar-refractivity contribution in [3.8, 4) is 0 Å². The molecule has 0 bridgehead atoms. The third-order valence-electron chi connectivity index (χ3n) is 5.41. The Bertz CT molecular complexity index is 328. The van der Waals surface area contributed by atoms with Gasteiger partial charge in [0.05, 0.1) is 13.2 Å². The number of carbonyl (C=O) groups excluding carboxylic acids is 1. The van der Waals surface area contributed by atoms with Crippen LogP contribution in [0.15, 0.2) is 0 Å². The molecule has 3 rings (SSSR count). The lowest BCUT2D eigenvalue weighted by Crippen LogP contribution is -2.39. The van der Waals surface area contributed by atoms with E-state index < -0.39 is 0 Å². The van der Waals surface area contributed by atoms with Gasteiger partial charge in [0.25, 0.3) is 0 Å². The van der Waals surface area contributed by atoms with E-state index in [1.165, 1.54) is 32.1 Å². The largest absolute Gasteiger partial charge is 0.379 e. The van der Waals surface area contributed by atoms with Crippen LogP contribution in [0.5, 0.6) is 0 Å². The SMILES string of the molecule is O=C(CCCN1CCOCC1)N[C@H]1CC[C@@H]2CCC[C@@H]21. The number of nitrogens with zero attached hydrogens (tertiary/aromatic N) is 1. The fourth-order valence-electron chi connectivity index (χ4n) is 4.31. The van der Waals surface area contributed by atoms with Crippen molar-refractivity contribution in [2.24, 2.45) is 11.8 Å². The van der Waals surface area contributed by atoms with Crippen LogP contribution in [0.3, 0.4) is 0 Å². The van der Waals surface area contributed by atoms with Crippen LogP contribution in [-0.2, 0) is 9.53 Å². The highest BCUT2D eigenvalue weighted by Gasteiger charge is 2.39. The molecule has 0 spiro atoms. The standard InChI is InChI=1S/C16H28N2O2/c19-16(5-2-8-18-9-11-20-12-10-18)17-15-7-6-13-3-1-4-14(13)15/h13-15H,1-12H2,(H,17,19)/t13-,14-,15-/m0/s1. The summed E-state index contributed by atoms with van der Waals surface area (Å²) >= 11 is 0. The lowest BCUT2D eigenvalue weighted by molar-refractivity contribution is -0.122. The molecule has 114 valence electrons. The molecule has 0 aromatic carbocycles. The van der Waals surface area contributed by atoms with Crippen LogP contribution < -0.4 is 5.32 Å². The van der Waals surface area contributed by atoms with Crippen molar-refractivity contribution in [1.29, 1.82) is 0 Å². The number of carbonyl (C=O) groups is 1. The van der Waals surface area contributed by atoms with E-state index in [0.717, 1.165) is 51.1 Å². The molecule has 3 atom stereocenters. The second kappa shape index (κ2) is 6.90. The summed E-state index contributed by atoms with van der Waals surface area (Å²) in [5.74, 6) is 1.97. The predicted molar refractivity (Wildman–Crippen MR) is 78.5 cm³/mol. The number of amides is 1. The van der Waals surface area contributed by atoms with E-state index in [9.17, 15) is 4.79 Å². The molecule has 1 heterocycles. The molecule has 0 aromatic heterocycles. The predicted octanol–water partition coefficient (Wildman–Crippen LogP) is 1.79. The molecular formula is C16H28N2O2. The van der Waals surface area contributed by atoms with Gasteiger partial charge in [0.2, 0.25) is 5.91 Å². The Morgan fingerprint density at radius 2 is 2.00 bits per heavy atom. The van der Waals surface area contributed by atoms with E-state index in [1.807, 2.05) is 0 Å². The first-order valence-electron chi connectivity index (χ1n) is 8.42. The molecule has 4 nitrogen and oxygen atoms in total. The highest BCUT2D eigenvalue weighted by Crippen LogP contribution is 2.43. The van der Waals surface area contributed by atoms with Gasteiger partial charge in [-0.1, -0.05) is 12.8 Å². The number of ether oxygens (including phenoxy) is 1. The molecular weight excluding hydrogens is 252 g/mol. The first kappa shape index (κ1) is 14.3. The molecule has 1 aliphatic heterocycles. The minimum atomic E-state index is 0.274. The Balaban J connectivity index is 1.33. The summed E-state index contributed by atoms with van der Waals surface area (Å²) in [6, 6.07) is 0.485. The molecule has 3 fully saturated rings. The number of hydrogen-bond donors (Lipinski definition) is 1. The lowest BCUT2D eigenvalue weighted by Gasteiger charge is -2.26. The van der Waals surface area contributed by atoms with Crippen LogP contribution in [0.2, 0.25) is 0 Å². The lowest BCUT2D eigenvalue weighted by atomic mass is 9.97. The zero-order chi connectivity index (χ0) is 13.8. The molecule has 1 amide bonds. The summed E-state index contributed by atoms with van der Waals surface area (Å²) in [5, 5.41) is 3.31. The van der Waals surface area contributed by atoms with E-state index in [0.29, 0.717) is 12.5 Å². The van der Waals surface area contributed by atoms with Gasteiger partial charge in [0, 0.05) is 25.6 Å². The van der Waals surface area contributed by atoms with Crippen LogP contribution in [0, 0.1) is 11.8 Å². The highest BCUT2D eigenvalue weighted by atomic mass is 16.5. The molecule has 0 unspecified atom stereocenters. The smallest absolute Gasteiger partial charge is 0.220 e. The number of hydrogen-bond acceptors (Lipinski definition) is 3. The van der Waals surface area contributed by atoms with E-state index in [-0.39, 0.29) is 5.91 Å². The van der Waals surface area contributed by atoms with Crippen LogP contribution >= 0.6 is 0 Å². The van der Waals surface area contributed by atoms with Crippen molar-refractivity contribution in [3.63, 3.8) is 0 Å². The maximum atomic E-state index is 12.1. The maximum Gasteiger partial charge on any atom is 0.220 e. The molecule has 3 aliphatic rings. The topological polar surface area (TPSA) is 41.6 Å². The summed E-state index contributed by atoms with van der Waals surface area (Å²) < 4.78 is 5.33. The van der Waals surface area contributed by atoms with Crippen LogP contribution in [-0.4, -0.2) is 49.7 Å². The van der Waals surface area contributed by atoms with Crippen molar-refractivity contribution in [2.45, 2.75) is 51.0 Å². The molecule has 1 N–H and O–H groups in total. The molecule has 2 aliphatic carbocycles. The van der Waals surface area contributed by atoms with Gasteiger partial charge in [-0.15, -0.1) is 0 Å². The number of nitrogens with one attached hydrogen (secondary N) is 1. The normalized spacial score (nSPS) is 34.1. The number of fused-ring (bicyclic) bond motifs is 1. The highest BCUT2D eigenvalue weighted by molar-refractivity contribution is 5.76. The third-order valence-corrected chi connectivity index (χ3v) is 5.41. The van der Waals surface area contributed by atoms with Crippen LogP contribution in [0.1, 0.15) is 44.9 Å². The monoisotopic (exact) mass is 280 g/mol. The quantitative estimate of drug-likeness (QED) is 0.835. The number of morpholine rings is 1. The molecule has 0 radical (unpaired) electrons. The minimum Gasteiger partial charge on any atom is -0.379 e. The Morgan fingerprint density at radius 3 is 2.85 bits per heavy atom. The third kappa shape index (κ3) is 3.53. The molecule has 0 aromatic rings. The fourth-order valence-corrected chi connectivity index (χ4v) is 4.31. The Hall–Kier alpha value is -0.610. The molecule has 2 saturated carbocycles. The second-order valence-electron chi connectivity index (χ2n) is 6.66. The fraction of sp³-hybridized carbons (Fsp3) is 0.938. The first-order chi connectivity index (χ1) is 9.83. The average Bonchev–Trinajstić information content (AvgIpc) is 3.05. The van der Waals surface area contributed by atoms with Gasteiger partial charge in [-0.3, -0.25) is 9.69 Å². The van der Waals surface area contributed by atoms with Crippen molar-refractivity contribution in [2.75, 3.05) is 32.8 Å². The van der Waals surface area contributed by atoms with Crippen molar-refractivity contribution in [1.82, 2.24) is 10.2 Å². The van der Waals surface area contributed by atoms with Gasteiger partial charge in [-0.25, -0.2) is 0 Å². The molecule has 4 heteroatoms. The zero-order valence-corrected chi connectivity index (χ0v) is 12.5. The van der Waals surface area contributed by atoms with Gasteiger partial charge in [-0.05, 0) is 44.1 Å². The van der Waals surface area contributed by atoms with Crippen molar-refractivity contribution in [3.05, 3.63) is 0 Å².